The number of amides is 4. The minimum absolute atomic E-state index is 0.0573. The molecule has 9 nitrogen and oxygen atoms in total. The van der Waals surface area contributed by atoms with Gasteiger partial charge in [-0.15, -0.1) is 0 Å². The Labute approximate surface area is 309 Å². The Morgan fingerprint density at radius 1 is 0.377 bits per heavy atom. The second-order valence-corrected chi connectivity index (χ2v) is 14.0. The van der Waals surface area contributed by atoms with Gasteiger partial charge in [-0.3, -0.25) is 19.2 Å². The lowest BCUT2D eigenvalue weighted by Gasteiger charge is -2.47. The predicted octanol–water partition coefficient (Wildman–Crippen LogP) is 6.80. The Kier molecular flexibility index (Phi) is 9.55. The molecule has 4 atom stereocenters. The second kappa shape index (κ2) is 14.9. The summed E-state index contributed by atoms with van der Waals surface area (Å²) < 4.78 is 0. The molecule has 11 rings (SSSR count). The molecule has 6 aliphatic rings. The first kappa shape index (κ1) is 34.0. The fourth-order valence-corrected chi connectivity index (χ4v) is 8.14. The predicted molar refractivity (Wildman–Crippen MR) is 200 cm³/mol. The van der Waals surface area contributed by atoms with E-state index in [-0.39, 0.29) is 74.0 Å². The zero-order valence-electron chi connectivity index (χ0n) is 29.4. The van der Waals surface area contributed by atoms with Gasteiger partial charge in [0.1, 0.15) is 11.4 Å². The van der Waals surface area contributed by atoms with Gasteiger partial charge in [0.2, 0.25) is 11.8 Å². The Bertz CT molecular complexity index is 1950. The molecule has 2 fully saturated rings. The average Bonchev–Trinajstić information content (AvgIpc) is 3.23. The van der Waals surface area contributed by atoms with Crippen LogP contribution in [0.1, 0.15) is 86.7 Å². The SMILES string of the molecule is O=C1CCCC(=O)N2C[C@@H](c3ccccc3)N(C[C@H]2c2ccccc2)C(=O)c2cccc(n2)C(=O)N2C[C@@H](c3ccccc3)N1C[C@H]2c1ccccc1. The molecule has 53 heavy (non-hydrogen) atoms. The van der Waals surface area contributed by atoms with Crippen LogP contribution >= 0.6 is 0 Å². The maximum atomic E-state index is 14.7. The van der Waals surface area contributed by atoms with Gasteiger partial charge in [0, 0.05) is 39.0 Å². The Morgan fingerprint density at radius 3 is 1.02 bits per heavy atom. The monoisotopic (exact) mass is 703 g/mol. The highest BCUT2D eigenvalue weighted by molar-refractivity contribution is 5.97. The molecule has 0 radical (unpaired) electrons. The standard InChI is InChI=1S/C44H41N5O4/c50-41-25-14-26-42(51)47-28-40(34-21-11-4-12-22-34)49(30-38(47)32-17-7-2-8-18-32)44(53)36-24-13-23-35(45-36)43(52)48-29-37(31-15-5-1-6-16-31)46(41)27-39(48)33-19-9-3-10-20-33/h1-13,15-24,37-40H,14,25-30H2/t37-,38-,39-,40-/m0/s1. The second-order valence-electron chi connectivity index (χ2n) is 14.0. The molecule has 6 bridgehead atoms. The highest BCUT2D eigenvalue weighted by atomic mass is 16.2. The van der Waals surface area contributed by atoms with Crippen molar-refractivity contribution >= 4 is 23.6 Å². The molecule has 4 amide bonds. The number of benzene rings is 4. The van der Waals surface area contributed by atoms with Crippen molar-refractivity contribution in [2.24, 2.45) is 0 Å². The molecule has 4 aromatic carbocycles. The van der Waals surface area contributed by atoms with E-state index in [1.165, 1.54) is 0 Å². The maximum Gasteiger partial charge on any atom is 0.273 e. The van der Waals surface area contributed by atoms with Crippen LogP contribution < -0.4 is 0 Å². The first-order valence-corrected chi connectivity index (χ1v) is 18.3. The highest BCUT2D eigenvalue weighted by Crippen LogP contribution is 2.39. The number of pyridine rings is 1. The van der Waals surface area contributed by atoms with Gasteiger partial charge < -0.3 is 19.6 Å². The van der Waals surface area contributed by atoms with E-state index in [1.54, 1.807) is 28.0 Å². The van der Waals surface area contributed by atoms with Gasteiger partial charge in [0.15, 0.2) is 0 Å². The largest absolute Gasteiger partial charge is 0.331 e. The zero-order valence-corrected chi connectivity index (χ0v) is 29.4. The van der Waals surface area contributed by atoms with E-state index >= 15 is 0 Å². The van der Waals surface area contributed by atoms with Gasteiger partial charge in [-0.2, -0.15) is 0 Å². The number of carbonyl (C=O) groups excluding carboxylic acids is 4. The fourth-order valence-electron chi connectivity index (χ4n) is 8.14. The normalized spacial score (nSPS) is 22.6. The molecule has 2 saturated heterocycles. The van der Waals surface area contributed by atoms with E-state index in [1.807, 2.05) is 131 Å². The number of aromatic nitrogens is 1. The van der Waals surface area contributed by atoms with Gasteiger partial charge in [0.05, 0.1) is 24.2 Å². The lowest BCUT2D eigenvalue weighted by molar-refractivity contribution is -0.139. The van der Waals surface area contributed by atoms with Crippen LogP contribution in [-0.2, 0) is 9.59 Å². The van der Waals surface area contributed by atoms with Crippen LogP contribution in [0.15, 0.2) is 140 Å². The first-order valence-electron chi connectivity index (χ1n) is 18.3. The third-order valence-electron chi connectivity index (χ3n) is 10.9. The van der Waals surface area contributed by atoms with Crippen molar-refractivity contribution < 1.29 is 19.2 Å². The van der Waals surface area contributed by atoms with Gasteiger partial charge in [-0.25, -0.2) is 4.98 Å². The van der Waals surface area contributed by atoms with E-state index in [4.69, 9.17) is 4.98 Å². The Morgan fingerprint density at radius 2 is 0.679 bits per heavy atom. The molecular weight excluding hydrogens is 663 g/mol. The first-order chi connectivity index (χ1) is 26.0. The molecule has 0 spiro atoms. The molecule has 1 aromatic heterocycles. The van der Waals surface area contributed by atoms with Gasteiger partial charge in [-0.1, -0.05) is 127 Å². The lowest BCUT2D eigenvalue weighted by atomic mass is 9.93. The third kappa shape index (κ3) is 6.82. The number of piperazine rings is 2. The molecule has 7 heterocycles. The van der Waals surface area contributed by atoms with E-state index in [9.17, 15) is 19.2 Å². The number of rotatable bonds is 4. The van der Waals surface area contributed by atoms with Crippen LogP contribution in [0.3, 0.4) is 0 Å². The topological polar surface area (TPSA) is 94.1 Å². The number of carbonyl (C=O) groups is 4. The summed E-state index contributed by atoms with van der Waals surface area (Å²) in [7, 11) is 0. The summed E-state index contributed by atoms with van der Waals surface area (Å²) in [4.78, 5) is 70.2. The molecule has 5 aromatic rings. The molecular formula is C44H41N5O4. The minimum Gasteiger partial charge on any atom is -0.331 e. The summed E-state index contributed by atoms with van der Waals surface area (Å²) in [5.74, 6) is -0.726. The van der Waals surface area contributed by atoms with Crippen molar-refractivity contribution in [1.29, 1.82) is 0 Å². The third-order valence-corrected chi connectivity index (χ3v) is 10.9. The van der Waals surface area contributed by atoms with Crippen LogP contribution in [0.4, 0.5) is 0 Å². The van der Waals surface area contributed by atoms with Gasteiger partial charge in [-0.05, 0) is 40.8 Å². The van der Waals surface area contributed by atoms with Crippen LogP contribution in [0.2, 0.25) is 0 Å². The number of hydrogen-bond donors (Lipinski definition) is 0. The summed E-state index contributed by atoms with van der Waals surface area (Å²) in [6.45, 7) is 1.02. The minimum atomic E-state index is -0.450. The smallest absolute Gasteiger partial charge is 0.273 e. The van der Waals surface area contributed by atoms with E-state index in [0.29, 0.717) is 6.42 Å². The van der Waals surface area contributed by atoms with Gasteiger partial charge >= 0.3 is 0 Å². The number of hydrogen-bond acceptors (Lipinski definition) is 5. The summed E-state index contributed by atoms with van der Waals surface area (Å²) in [5.41, 5.74) is 3.96. The molecule has 0 N–H and O–H groups in total. The zero-order chi connectivity index (χ0) is 36.3. The molecule has 9 heteroatoms. The van der Waals surface area contributed by atoms with Gasteiger partial charge in [0.25, 0.3) is 11.8 Å². The fraction of sp³-hybridized carbons (Fsp3) is 0.250. The Balaban J connectivity index is 1.25. The molecule has 6 aliphatic heterocycles. The average molecular weight is 704 g/mol. The Hall–Kier alpha value is -6.09. The molecule has 0 unspecified atom stereocenters. The lowest BCUT2D eigenvalue weighted by Crippen LogP contribution is -2.55. The van der Waals surface area contributed by atoms with Crippen LogP contribution in [-0.4, -0.2) is 74.4 Å². The van der Waals surface area contributed by atoms with Crippen molar-refractivity contribution in [3.05, 3.63) is 173 Å². The summed E-state index contributed by atoms with van der Waals surface area (Å²) >= 11 is 0. The van der Waals surface area contributed by atoms with Crippen molar-refractivity contribution in [1.82, 2.24) is 24.6 Å². The highest BCUT2D eigenvalue weighted by Gasteiger charge is 2.43. The van der Waals surface area contributed by atoms with Crippen molar-refractivity contribution in [3.8, 4) is 0 Å². The molecule has 266 valence electrons. The summed E-state index contributed by atoms with van der Waals surface area (Å²) in [6.07, 6.45) is 0.745. The molecule has 0 aliphatic carbocycles. The van der Waals surface area contributed by atoms with Crippen molar-refractivity contribution in [2.75, 3.05) is 26.2 Å². The van der Waals surface area contributed by atoms with Crippen LogP contribution in [0, 0.1) is 0 Å². The number of nitrogens with zero attached hydrogens (tertiary/aromatic N) is 5. The quantitative estimate of drug-likeness (QED) is 0.205. The molecule has 0 saturated carbocycles. The summed E-state index contributed by atoms with van der Waals surface area (Å²) in [5, 5.41) is 0. The summed E-state index contributed by atoms with van der Waals surface area (Å²) in [6, 6.07) is 42.3. The van der Waals surface area contributed by atoms with Crippen molar-refractivity contribution in [3.63, 3.8) is 0 Å². The van der Waals surface area contributed by atoms with E-state index in [0.717, 1.165) is 22.3 Å². The van der Waals surface area contributed by atoms with E-state index < -0.39 is 24.2 Å². The van der Waals surface area contributed by atoms with Crippen LogP contribution in [0.5, 0.6) is 0 Å². The van der Waals surface area contributed by atoms with E-state index in [2.05, 4.69) is 0 Å². The van der Waals surface area contributed by atoms with Crippen molar-refractivity contribution in [2.45, 2.75) is 43.4 Å². The van der Waals surface area contributed by atoms with Crippen LogP contribution in [0.25, 0.3) is 0 Å². The maximum absolute atomic E-state index is 14.7.